The van der Waals surface area contributed by atoms with E-state index in [-0.39, 0.29) is 28.8 Å². The maximum absolute atomic E-state index is 14.1. The van der Waals surface area contributed by atoms with E-state index in [0.717, 1.165) is 12.1 Å². The van der Waals surface area contributed by atoms with Crippen LogP contribution in [0.3, 0.4) is 0 Å². The SMILES string of the molecule is COc1cc(F)c([N+](=O)[O-])cc1Nc1ncc(C(=O)OC(C)C)c(N2CC(C)(C)c3nc(F)ccc32)n1. The van der Waals surface area contributed by atoms with Crippen molar-refractivity contribution in [1.29, 1.82) is 0 Å². The van der Waals surface area contributed by atoms with Gasteiger partial charge in [0.1, 0.15) is 11.3 Å². The van der Waals surface area contributed by atoms with Gasteiger partial charge in [-0.2, -0.15) is 13.8 Å². The van der Waals surface area contributed by atoms with Crippen LogP contribution >= 0.6 is 0 Å². The molecule has 1 N–H and O–H groups in total. The molecule has 0 aliphatic carbocycles. The van der Waals surface area contributed by atoms with Crippen LogP contribution in [-0.4, -0.2) is 45.6 Å². The number of pyridine rings is 1. The third-order valence-electron chi connectivity index (χ3n) is 5.62. The number of hydrogen-bond acceptors (Lipinski definition) is 10. The Morgan fingerprint density at radius 3 is 2.62 bits per heavy atom. The van der Waals surface area contributed by atoms with Gasteiger partial charge in [-0.1, -0.05) is 13.8 Å². The molecule has 37 heavy (non-hydrogen) atoms. The Balaban J connectivity index is 1.83. The average molecular weight is 514 g/mol. The Morgan fingerprint density at radius 2 is 1.97 bits per heavy atom. The smallest absolute Gasteiger partial charge is 0.343 e. The minimum absolute atomic E-state index is 0.0242. The molecule has 3 aromatic rings. The fourth-order valence-corrected chi connectivity index (χ4v) is 4.02. The predicted octanol–water partition coefficient (Wildman–Crippen LogP) is 4.80. The Bertz CT molecular complexity index is 1400. The molecule has 0 saturated carbocycles. The summed E-state index contributed by atoms with van der Waals surface area (Å²) < 4.78 is 38.6. The third-order valence-corrected chi connectivity index (χ3v) is 5.62. The van der Waals surface area contributed by atoms with Crippen LogP contribution in [-0.2, 0) is 10.2 Å². The third kappa shape index (κ3) is 4.97. The molecule has 11 nitrogen and oxygen atoms in total. The Kier molecular flexibility index (Phi) is 6.63. The van der Waals surface area contributed by atoms with E-state index < -0.39 is 39.9 Å². The predicted molar refractivity (Wildman–Crippen MR) is 130 cm³/mol. The summed E-state index contributed by atoms with van der Waals surface area (Å²) in [6.07, 6.45) is 0.835. The molecule has 3 heterocycles. The fourth-order valence-electron chi connectivity index (χ4n) is 4.02. The molecule has 1 aliphatic heterocycles. The van der Waals surface area contributed by atoms with E-state index in [1.807, 2.05) is 13.8 Å². The molecule has 4 rings (SSSR count). The standard InChI is InChI=1S/C24H24F2N6O5/c1-12(2)37-22(33)13-10-27-23(28-15-9-17(32(34)35)14(25)8-18(15)36-5)30-21(13)31-11-24(3,4)20-16(31)6-7-19(26)29-20/h6-10,12H,11H2,1-5H3,(H,27,28,30). The number of carbonyl (C=O) groups is 1. The van der Waals surface area contributed by atoms with Gasteiger partial charge >= 0.3 is 11.7 Å². The van der Waals surface area contributed by atoms with Gasteiger partial charge < -0.3 is 19.7 Å². The number of nitro groups is 1. The van der Waals surface area contributed by atoms with Crippen molar-refractivity contribution in [3.05, 3.63) is 63.6 Å². The molecule has 0 amide bonds. The highest BCUT2D eigenvalue weighted by molar-refractivity contribution is 5.96. The lowest BCUT2D eigenvalue weighted by atomic mass is 9.91. The Morgan fingerprint density at radius 1 is 1.24 bits per heavy atom. The lowest BCUT2D eigenvalue weighted by Crippen LogP contribution is -2.28. The summed E-state index contributed by atoms with van der Waals surface area (Å²) in [4.78, 5) is 37.7. The van der Waals surface area contributed by atoms with Crippen molar-refractivity contribution in [2.24, 2.45) is 0 Å². The molecule has 1 aliphatic rings. The number of aromatic nitrogens is 3. The number of nitrogens with one attached hydrogen (secondary N) is 1. The second-order valence-corrected chi connectivity index (χ2v) is 9.24. The highest BCUT2D eigenvalue weighted by Gasteiger charge is 2.40. The van der Waals surface area contributed by atoms with Crippen molar-refractivity contribution in [2.75, 3.05) is 23.9 Å². The largest absolute Gasteiger partial charge is 0.494 e. The van der Waals surface area contributed by atoms with Crippen LogP contribution in [0, 0.1) is 21.9 Å². The minimum Gasteiger partial charge on any atom is -0.494 e. The zero-order chi connectivity index (χ0) is 27.1. The van der Waals surface area contributed by atoms with E-state index in [9.17, 15) is 23.7 Å². The Hall–Kier alpha value is -4.42. The lowest BCUT2D eigenvalue weighted by molar-refractivity contribution is -0.387. The molecule has 0 saturated heterocycles. The van der Waals surface area contributed by atoms with Gasteiger partial charge in [0, 0.05) is 30.3 Å². The number of nitro benzene ring substituents is 1. The number of hydrogen-bond donors (Lipinski definition) is 1. The van der Waals surface area contributed by atoms with Crippen molar-refractivity contribution in [2.45, 2.75) is 39.2 Å². The van der Waals surface area contributed by atoms with Crippen LogP contribution in [0.1, 0.15) is 43.7 Å². The van der Waals surface area contributed by atoms with E-state index in [4.69, 9.17) is 9.47 Å². The quantitative estimate of drug-likeness (QED) is 0.203. The second kappa shape index (κ2) is 9.56. The number of esters is 1. The normalized spacial score (nSPS) is 13.9. The molecule has 0 fully saturated rings. The number of ether oxygens (including phenoxy) is 2. The van der Waals surface area contributed by atoms with E-state index in [2.05, 4.69) is 20.3 Å². The zero-order valence-electron chi connectivity index (χ0n) is 20.7. The van der Waals surface area contributed by atoms with Crippen molar-refractivity contribution in [1.82, 2.24) is 15.0 Å². The fraction of sp³-hybridized carbons (Fsp3) is 0.333. The number of halogens is 2. The van der Waals surface area contributed by atoms with E-state index in [0.29, 0.717) is 17.9 Å². The number of fused-ring (bicyclic) bond motifs is 1. The van der Waals surface area contributed by atoms with Crippen molar-refractivity contribution < 1.29 is 28.0 Å². The molecule has 0 atom stereocenters. The maximum Gasteiger partial charge on any atom is 0.343 e. The zero-order valence-corrected chi connectivity index (χ0v) is 20.7. The number of nitrogens with zero attached hydrogens (tertiary/aromatic N) is 5. The maximum atomic E-state index is 14.1. The lowest BCUT2D eigenvalue weighted by Gasteiger charge is -2.23. The molecule has 194 valence electrons. The summed E-state index contributed by atoms with van der Waals surface area (Å²) in [5, 5.41) is 14.0. The first kappa shape index (κ1) is 25.7. The summed E-state index contributed by atoms with van der Waals surface area (Å²) in [6, 6.07) is 4.59. The summed E-state index contributed by atoms with van der Waals surface area (Å²) >= 11 is 0. The average Bonchev–Trinajstić information content (AvgIpc) is 3.09. The van der Waals surface area contributed by atoms with Gasteiger partial charge in [-0.3, -0.25) is 10.1 Å². The van der Waals surface area contributed by atoms with Crippen molar-refractivity contribution in [3.63, 3.8) is 0 Å². The van der Waals surface area contributed by atoms with Crippen LogP contribution in [0.25, 0.3) is 0 Å². The molecule has 0 spiro atoms. The first-order valence-corrected chi connectivity index (χ1v) is 11.2. The van der Waals surface area contributed by atoms with E-state index in [1.165, 1.54) is 19.4 Å². The highest BCUT2D eigenvalue weighted by atomic mass is 19.1. The number of anilines is 4. The number of rotatable bonds is 7. The summed E-state index contributed by atoms with van der Waals surface area (Å²) in [6.45, 7) is 7.47. The van der Waals surface area contributed by atoms with Crippen LogP contribution in [0.4, 0.5) is 37.6 Å². The van der Waals surface area contributed by atoms with Gasteiger partial charge in [0.25, 0.3) is 0 Å². The molecule has 0 radical (unpaired) electrons. The van der Waals surface area contributed by atoms with Gasteiger partial charge in [-0.05, 0) is 26.0 Å². The van der Waals surface area contributed by atoms with Gasteiger partial charge in [0.15, 0.2) is 5.82 Å². The molecular formula is C24H24F2N6O5. The summed E-state index contributed by atoms with van der Waals surface area (Å²) in [5.74, 6) is -2.31. The van der Waals surface area contributed by atoms with Gasteiger partial charge in [-0.15, -0.1) is 0 Å². The van der Waals surface area contributed by atoms with E-state index in [1.54, 1.807) is 24.8 Å². The molecule has 0 unspecified atom stereocenters. The van der Waals surface area contributed by atoms with Crippen LogP contribution in [0.15, 0.2) is 30.5 Å². The molecule has 1 aromatic carbocycles. The topological polar surface area (TPSA) is 133 Å². The van der Waals surface area contributed by atoms with Crippen molar-refractivity contribution >= 4 is 34.8 Å². The minimum atomic E-state index is -1.07. The first-order chi connectivity index (χ1) is 17.4. The molecule has 2 aromatic heterocycles. The van der Waals surface area contributed by atoms with Gasteiger partial charge in [-0.25, -0.2) is 14.8 Å². The van der Waals surface area contributed by atoms with Crippen LogP contribution in [0.2, 0.25) is 0 Å². The first-order valence-electron chi connectivity index (χ1n) is 11.2. The summed E-state index contributed by atoms with van der Waals surface area (Å²) in [7, 11) is 1.28. The van der Waals surface area contributed by atoms with Crippen molar-refractivity contribution in [3.8, 4) is 5.75 Å². The van der Waals surface area contributed by atoms with E-state index >= 15 is 0 Å². The monoisotopic (exact) mass is 514 g/mol. The molecule has 13 heteroatoms. The number of carbonyl (C=O) groups excluding carboxylic acids is 1. The molecule has 0 bridgehead atoms. The second-order valence-electron chi connectivity index (χ2n) is 9.24. The molecular weight excluding hydrogens is 490 g/mol. The van der Waals surface area contributed by atoms with Crippen LogP contribution < -0.4 is 15.0 Å². The van der Waals surface area contributed by atoms with Gasteiger partial charge in [0.2, 0.25) is 17.7 Å². The number of methoxy groups -OCH3 is 1. The Labute approximate surface area is 210 Å². The summed E-state index contributed by atoms with van der Waals surface area (Å²) in [5.41, 5.74) is -0.252. The number of benzene rings is 1. The van der Waals surface area contributed by atoms with Gasteiger partial charge in [0.05, 0.1) is 35.2 Å². The highest BCUT2D eigenvalue weighted by Crippen LogP contribution is 2.44. The van der Waals surface area contributed by atoms with Crippen LogP contribution in [0.5, 0.6) is 5.75 Å².